The highest BCUT2D eigenvalue weighted by Gasteiger charge is 2.28. The first kappa shape index (κ1) is 23.5. The van der Waals surface area contributed by atoms with Crippen LogP contribution < -0.4 is 10.5 Å². The number of amides is 2. The van der Waals surface area contributed by atoms with Crippen LogP contribution in [0.2, 0.25) is 0 Å². The maximum absolute atomic E-state index is 12.7. The molecule has 0 aromatic heterocycles. The van der Waals surface area contributed by atoms with Gasteiger partial charge in [0.1, 0.15) is 18.4 Å². The first-order chi connectivity index (χ1) is 14.1. The van der Waals surface area contributed by atoms with Gasteiger partial charge in [0.15, 0.2) is 0 Å². The monoisotopic (exact) mass is 433 g/mol. The molecule has 0 unspecified atom stereocenters. The summed E-state index contributed by atoms with van der Waals surface area (Å²) in [5.41, 5.74) is 8.01. The Morgan fingerprint density at radius 3 is 2.17 bits per heavy atom. The number of rotatable bonds is 6. The van der Waals surface area contributed by atoms with Crippen LogP contribution >= 0.6 is 12.4 Å². The Morgan fingerprint density at radius 2 is 1.57 bits per heavy atom. The highest BCUT2D eigenvalue weighted by Crippen LogP contribution is 2.20. The topological polar surface area (TPSA) is 85.1 Å². The van der Waals surface area contributed by atoms with Crippen molar-refractivity contribution in [2.45, 2.75) is 19.6 Å². The Kier molecular flexibility index (Phi) is 8.95. The van der Waals surface area contributed by atoms with Gasteiger partial charge in [-0.15, -0.1) is 12.4 Å². The van der Waals surface area contributed by atoms with E-state index in [0.29, 0.717) is 39.4 Å². The fourth-order valence-corrected chi connectivity index (χ4v) is 3.18. The lowest BCUT2D eigenvalue weighted by Crippen LogP contribution is -2.52. The third-order valence-corrected chi connectivity index (χ3v) is 4.87. The van der Waals surface area contributed by atoms with Crippen molar-refractivity contribution in [3.05, 3.63) is 65.7 Å². The minimum absolute atomic E-state index is 0. The van der Waals surface area contributed by atoms with E-state index in [0.717, 1.165) is 16.9 Å². The Balaban J connectivity index is 0.00000320. The summed E-state index contributed by atoms with van der Waals surface area (Å²) in [5, 5.41) is 0. The second-order valence-electron chi connectivity index (χ2n) is 6.83. The standard InChI is InChI=1S/C22H27N3O4.ClH/c1-2-28-22(27)25-14-12-24(13-15-25)21(26)20(23)18-8-10-19(11-9-18)29-16-17-6-4-3-5-7-17;/h3-11,20H,2,12-16,23H2,1H3;1H/t20-;/m0./s1. The van der Waals surface area contributed by atoms with Crippen LogP contribution in [0.25, 0.3) is 0 Å². The number of benzene rings is 2. The molecule has 1 atom stereocenters. The molecule has 8 heteroatoms. The lowest BCUT2D eigenvalue weighted by molar-refractivity contribution is -0.134. The van der Waals surface area contributed by atoms with Gasteiger partial charge in [-0.2, -0.15) is 0 Å². The quantitative estimate of drug-likeness (QED) is 0.756. The van der Waals surface area contributed by atoms with Gasteiger partial charge in [-0.05, 0) is 30.2 Å². The van der Waals surface area contributed by atoms with Gasteiger partial charge in [0.05, 0.1) is 6.61 Å². The van der Waals surface area contributed by atoms with Crippen molar-refractivity contribution in [1.82, 2.24) is 9.80 Å². The third kappa shape index (κ3) is 6.11. The van der Waals surface area contributed by atoms with E-state index < -0.39 is 6.04 Å². The van der Waals surface area contributed by atoms with Crippen molar-refractivity contribution in [2.24, 2.45) is 5.73 Å². The number of nitrogens with two attached hydrogens (primary N) is 1. The normalized spacial score (nSPS) is 14.5. The molecule has 162 valence electrons. The number of hydrogen-bond donors (Lipinski definition) is 1. The first-order valence-electron chi connectivity index (χ1n) is 9.81. The summed E-state index contributed by atoms with van der Waals surface area (Å²) >= 11 is 0. The second-order valence-corrected chi connectivity index (χ2v) is 6.83. The summed E-state index contributed by atoms with van der Waals surface area (Å²) in [7, 11) is 0. The Morgan fingerprint density at radius 1 is 0.967 bits per heavy atom. The van der Waals surface area contributed by atoms with E-state index in [9.17, 15) is 9.59 Å². The molecule has 0 spiro atoms. The predicted molar refractivity (Wildman–Crippen MR) is 117 cm³/mol. The van der Waals surface area contributed by atoms with E-state index in [1.165, 1.54) is 0 Å². The van der Waals surface area contributed by atoms with Gasteiger partial charge in [-0.25, -0.2) is 4.79 Å². The lowest BCUT2D eigenvalue weighted by Gasteiger charge is -2.35. The molecule has 7 nitrogen and oxygen atoms in total. The van der Waals surface area contributed by atoms with E-state index in [-0.39, 0.29) is 24.4 Å². The first-order valence-corrected chi connectivity index (χ1v) is 9.81. The highest BCUT2D eigenvalue weighted by atomic mass is 35.5. The molecular weight excluding hydrogens is 406 g/mol. The van der Waals surface area contributed by atoms with Crippen molar-refractivity contribution >= 4 is 24.4 Å². The molecule has 0 saturated carbocycles. The van der Waals surface area contributed by atoms with Gasteiger partial charge in [0.25, 0.3) is 0 Å². The predicted octanol–water partition coefficient (Wildman–Crippen LogP) is 2.99. The largest absolute Gasteiger partial charge is 0.489 e. The van der Waals surface area contributed by atoms with Gasteiger partial charge in [-0.1, -0.05) is 42.5 Å². The van der Waals surface area contributed by atoms with E-state index in [1.54, 1.807) is 16.7 Å². The molecule has 1 heterocycles. The molecule has 0 bridgehead atoms. The SMILES string of the molecule is CCOC(=O)N1CCN(C(=O)[C@@H](N)c2ccc(OCc3ccccc3)cc2)CC1.Cl. The van der Waals surface area contributed by atoms with E-state index in [2.05, 4.69) is 0 Å². The fraction of sp³-hybridized carbons (Fsp3) is 0.364. The van der Waals surface area contributed by atoms with Crippen LogP contribution in [0.15, 0.2) is 54.6 Å². The highest BCUT2D eigenvalue weighted by molar-refractivity contribution is 5.85. The van der Waals surface area contributed by atoms with Crippen molar-refractivity contribution in [1.29, 1.82) is 0 Å². The summed E-state index contributed by atoms with van der Waals surface area (Å²) in [6.07, 6.45) is -0.338. The molecule has 2 amide bonds. The molecule has 2 N–H and O–H groups in total. The zero-order chi connectivity index (χ0) is 20.6. The molecule has 2 aromatic rings. The van der Waals surface area contributed by atoms with Crippen LogP contribution in [0.3, 0.4) is 0 Å². The van der Waals surface area contributed by atoms with Crippen molar-refractivity contribution in [3.63, 3.8) is 0 Å². The molecule has 1 saturated heterocycles. The molecule has 1 aliphatic rings. The van der Waals surface area contributed by atoms with Gasteiger partial charge in [-0.3, -0.25) is 4.79 Å². The van der Waals surface area contributed by atoms with Gasteiger partial charge in [0.2, 0.25) is 5.91 Å². The average Bonchev–Trinajstić information content (AvgIpc) is 2.78. The zero-order valence-electron chi connectivity index (χ0n) is 17.0. The Bertz CT molecular complexity index is 809. The molecule has 1 aliphatic heterocycles. The minimum atomic E-state index is -0.743. The van der Waals surface area contributed by atoms with Gasteiger partial charge < -0.3 is 25.0 Å². The number of carbonyl (C=O) groups excluding carboxylic acids is 2. The smallest absolute Gasteiger partial charge is 0.409 e. The number of halogens is 1. The molecule has 0 radical (unpaired) electrons. The number of carbonyl (C=O) groups is 2. The van der Waals surface area contributed by atoms with Crippen LogP contribution in [-0.4, -0.2) is 54.6 Å². The molecule has 3 rings (SSSR count). The summed E-state index contributed by atoms with van der Waals surface area (Å²) < 4.78 is 10.8. The van der Waals surface area contributed by atoms with Crippen molar-refractivity contribution in [2.75, 3.05) is 32.8 Å². The molecular formula is C22H28ClN3O4. The number of ether oxygens (including phenoxy) is 2. The van der Waals surface area contributed by atoms with Crippen LogP contribution in [0, 0.1) is 0 Å². The minimum Gasteiger partial charge on any atom is -0.489 e. The summed E-state index contributed by atoms with van der Waals surface area (Å²) in [6, 6.07) is 16.5. The summed E-state index contributed by atoms with van der Waals surface area (Å²) in [4.78, 5) is 27.8. The zero-order valence-corrected chi connectivity index (χ0v) is 17.8. The van der Waals surface area contributed by atoms with Gasteiger partial charge >= 0.3 is 6.09 Å². The van der Waals surface area contributed by atoms with E-state index >= 15 is 0 Å². The molecule has 2 aromatic carbocycles. The lowest BCUT2D eigenvalue weighted by atomic mass is 10.1. The van der Waals surface area contributed by atoms with Crippen molar-refractivity contribution < 1.29 is 19.1 Å². The van der Waals surface area contributed by atoms with Crippen LogP contribution in [0.1, 0.15) is 24.1 Å². The number of nitrogens with zero attached hydrogens (tertiary/aromatic N) is 2. The number of hydrogen-bond acceptors (Lipinski definition) is 5. The molecule has 1 fully saturated rings. The summed E-state index contributed by atoms with van der Waals surface area (Å²) in [6.45, 7) is 4.39. The van der Waals surface area contributed by atoms with Crippen LogP contribution in [0.4, 0.5) is 4.79 Å². The summed E-state index contributed by atoms with van der Waals surface area (Å²) in [5.74, 6) is 0.576. The van der Waals surface area contributed by atoms with Crippen LogP contribution in [-0.2, 0) is 16.1 Å². The maximum atomic E-state index is 12.7. The average molecular weight is 434 g/mol. The van der Waals surface area contributed by atoms with Gasteiger partial charge in [0, 0.05) is 26.2 Å². The Hall–Kier alpha value is -2.77. The molecule has 0 aliphatic carbocycles. The number of piperazine rings is 1. The van der Waals surface area contributed by atoms with Crippen LogP contribution in [0.5, 0.6) is 5.75 Å². The fourth-order valence-electron chi connectivity index (χ4n) is 3.18. The van der Waals surface area contributed by atoms with E-state index in [4.69, 9.17) is 15.2 Å². The van der Waals surface area contributed by atoms with E-state index in [1.807, 2.05) is 54.6 Å². The maximum Gasteiger partial charge on any atom is 0.409 e. The second kappa shape index (κ2) is 11.4. The van der Waals surface area contributed by atoms with Crippen molar-refractivity contribution in [3.8, 4) is 5.75 Å². The third-order valence-electron chi connectivity index (χ3n) is 4.87. The molecule has 30 heavy (non-hydrogen) atoms. The Labute approximate surface area is 183 Å².